The highest BCUT2D eigenvalue weighted by Gasteiger charge is 2.51. The summed E-state index contributed by atoms with van der Waals surface area (Å²) < 4.78 is 38.3. The number of phenols is 2. The predicted octanol–water partition coefficient (Wildman–Crippen LogP) is -1.55. The number of carbonyl (C=O) groups excluding carboxylic acids is 1. The summed E-state index contributed by atoms with van der Waals surface area (Å²) in [5.41, 5.74) is -0.771. The summed E-state index contributed by atoms with van der Waals surface area (Å²) in [6, 6.07) is 8.37. The first-order chi connectivity index (χ1) is 22.3. The first kappa shape index (κ1) is 34.3. The van der Waals surface area contributed by atoms with Crippen molar-refractivity contribution in [1.82, 2.24) is 0 Å². The molecule has 10 atom stereocenters. The second-order valence-corrected chi connectivity index (χ2v) is 10.9. The Morgan fingerprint density at radius 1 is 0.872 bits per heavy atom. The van der Waals surface area contributed by atoms with Crippen LogP contribution >= 0.6 is 0 Å². The monoisotopic (exact) mass is 666 g/mol. The molecular weight excluding hydrogens is 632 g/mol. The van der Waals surface area contributed by atoms with E-state index in [1.54, 1.807) is 24.3 Å². The maximum atomic E-state index is 13.0. The van der Waals surface area contributed by atoms with E-state index < -0.39 is 114 Å². The fourth-order valence-corrected chi connectivity index (χ4v) is 5.21. The molecule has 17 nitrogen and oxygen atoms in total. The average Bonchev–Trinajstić information content (AvgIpc) is 3.05. The minimum atomic E-state index is -1.94. The number of aromatic hydroxyl groups is 2. The van der Waals surface area contributed by atoms with Crippen LogP contribution in [0.1, 0.15) is 6.92 Å². The number of aliphatic hydroxyl groups excluding tert-OH is 6. The van der Waals surface area contributed by atoms with E-state index in [1.165, 1.54) is 7.11 Å². The van der Waals surface area contributed by atoms with Crippen LogP contribution in [-0.4, -0.2) is 129 Å². The van der Waals surface area contributed by atoms with Gasteiger partial charge in [0.25, 0.3) is 0 Å². The summed E-state index contributed by atoms with van der Waals surface area (Å²) in [6.07, 6.45) is -17.6. The zero-order chi connectivity index (χ0) is 34.2. The van der Waals surface area contributed by atoms with Gasteiger partial charge in [0.05, 0.1) is 13.7 Å². The van der Waals surface area contributed by atoms with E-state index in [2.05, 4.69) is 0 Å². The van der Waals surface area contributed by atoms with E-state index in [0.717, 1.165) is 19.1 Å². The van der Waals surface area contributed by atoms with Gasteiger partial charge < -0.3 is 73.7 Å². The second-order valence-electron chi connectivity index (χ2n) is 10.9. The van der Waals surface area contributed by atoms with Gasteiger partial charge in [-0.3, -0.25) is 9.59 Å². The van der Waals surface area contributed by atoms with Crippen LogP contribution in [0, 0.1) is 0 Å². The highest BCUT2D eigenvalue weighted by Crippen LogP contribution is 2.42. The number of ether oxygens (including phenoxy) is 6. The van der Waals surface area contributed by atoms with Crippen LogP contribution < -0.4 is 14.9 Å². The normalized spacial score (nSPS) is 31.0. The summed E-state index contributed by atoms with van der Waals surface area (Å²) in [5.74, 6) is -2.21. The Hall–Kier alpha value is -4.04. The smallest absolute Gasteiger partial charge is 0.302 e. The fraction of sp³-hybridized carbons (Fsp3) is 0.467. The highest BCUT2D eigenvalue weighted by atomic mass is 16.8. The number of rotatable bonds is 9. The van der Waals surface area contributed by atoms with E-state index in [0.29, 0.717) is 11.3 Å². The van der Waals surface area contributed by atoms with Gasteiger partial charge in [-0.25, -0.2) is 0 Å². The molecule has 2 aromatic carbocycles. The van der Waals surface area contributed by atoms with Crippen LogP contribution in [0.2, 0.25) is 0 Å². The van der Waals surface area contributed by atoms with Gasteiger partial charge in [-0.1, -0.05) is 0 Å². The predicted molar refractivity (Wildman–Crippen MR) is 154 cm³/mol. The van der Waals surface area contributed by atoms with Gasteiger partial charge in [0.2, 0.25) is 12.0 Å². The third-order valence-electron chi connectivity index (χ3n) is 7.77. The number of hydrogen-bond acceptors (Lipinski definition) is 17. The molecule has 3 heterocycles. The number of fused-ring (bicyclic) bond motifs is 1. The molecule has 0 radical (unpaired) electrons. The first-order valence-electron chi connectivity index (χ1n) is 14.3. The number of methoxy groups -OCH3 is 1. The zero-order valence-electron chi connectivity index (χ0n) is 24.9. The van der Waals surface area contributed by atoms with Gasteiger partial charge >= 0.3 is 5.97 Å². The van der Waals surface area contributed by atoms with Crippen LogP contribution in [-0.2, 0) is 23.7 Å². The highest BCUT2D eigenvalue weighted by molar-refractivity contribution is 5.91. The molecule has 0 unspecified atom stereocenters. The SMILES string of the molecule is COc1ccc(-c2cc(=O)c3c(O)cc(O[C@H]4O[C@H](CO)[C@@H](O)[C@H](O)[C@H]4O[C@H]4O[C@H](COC(C)=O)[C@@H](O)[C@@H](O)[C@H]4O)c(O)c3o2)cc1. The fourth-order valence-electron chi connectivity index (χ4n) is 5.21. The molecule has 1 aromatic heterocycles. The van der Waals surface area contributed by atoms with Gasteiger partial charge in [0.15, 0.2) is 29.2 Å². The van der Waals surface area contributed by atoms with Gasteiger partial charge in [0, 0.05) is 24.6 Å². The molecular formula is C30H34O17. The number of esters is 1. The molecule has 2 aliphatic rings. The minimum Gasteiger partial charge on any atom is -0.507 e. The quantitative estimate of drug-likeness (QED) is 0.0949. The Morgan fingerprint density at radius 3 is 2.17 bits per heavy atom. The lowest BCUT2D eigenvalue weighted by Crippen LogP contribution is -2.65. The topological polar surface area (TPSA) is 264 Å². The van der Waals surface area contributed by atoms with Crippen molar-refractivity contribution in [3.05, 3.63) is 46.6 Å². The van der Waals surface area contributed by atoms with Gasteiger partial charge in [-0.05, 0) is 24.3 Å². The summed E-state index contributed by atoms with van der Waals surface area (Å²) in [5, 5.41) is 84.0. The zero-order valence-corrected chi connectivity index (χ0v) is 24.9. The van der Waals surface area contributed by atoms with Crippen LogP contribution in [0.15, 0.2) is 45.6 Å². The molecule has 47 heavy (non-hydrogen) atoms. The third kappa shape index (κ3) is 6.84. The van der Waals surface area contributed by atoms with Crippen molar-refractivity contribution in [2.24, 2.45) is 0 Å². The molecule has 0 amide bonds. The van der Waals surface area contributed by atoms with Gasteiger partial charge in [-0.15, -0.1) is 0 Å². The van der Waals surface area contributed by atoms with E-state index in [1.807, 2.05) is 0 Å². The molecule has 2 fully saturated rings. The third-order valence-corrected chi connectivity index (χ3v) is 7.77. The first-order valence-corrected chi connectivity index (χ1v) is 14.3. The van der Waals surface area contributed by atoms with E-state index in [9.17, 15) is 50.4 Å². The van der Waals surface area contributed by atoms with Crippen LogP contribution in [0.4, 0.5) is 0 Å². The molecule has 2 saturated heterocycles. The number of carbonyl (C=O) groups is 1. The molecule has 0 spiro atoms. The number of aliphatic hydroxyl groups is 6. The lowest BCUT2D eigenvalue weighted by Gasteiger charge is -2.45. The Bertz CT molecular complexity index is 1620. The molecule has 8 N–H and O–H groups in total. The van der Waals surface area contributed by atoms with Crippen molar-refractivity contribution in [2.45, 2.75) is 68.3 Å². The minimum absolute atomic E-state index is 0.0125. The lowest BCUT2D eigenvalue weighted by molar-refractivity contribution is -0.358. The van der Waals surface area contributed by atoms with Gasteiger partial charge in [0.1, 0.15) is 72.0 Å². The van der Waals surface area contributed by atoms with Crippen molar-refractivity contribution in [1.29, 1.82) is 0 Å². The van der Waals surface area contributed by atoms with E-state index in [-0.39, 0.29) is 5.76 Å². The molecule has 0 aliphatic carbocycles. The summed E-state index contributed by atoms with van der Waals surface area (Å²) in [6.45, 7) is -0.277. The lowest BCUT2D eigenvalue weighted by atomic mass is 9.97. The Morgan fingerprint density at radius 2 is 1.53 bits per heavy atom. The van der Waals surface area contributed by atoms with Crippen molar-refractivity contribution < 1.29 is 78.5 Å². The van der Waals surface area contributed by atoms with Gasteiger partial charge in [-0.2, -0.15) is 0 Å². The Kier molecular flexibility index (Phi) is 10.2. The Balaban J connectivity index is 1.48. The number of hydrogen-bond donors (Lipinski definition) is 8. The van der Waals surface area contributed by atoms with Crippen molar-refractivity contribution >= 4 is 16.9 Å². The van der Waals surface area contributed by atoms with Crippen molar-refractivity contribution in [3.8, 4) is 34.3 Å². The Labute approximate surface area is 265 Å². The molecule has 0 saturated carbocycles. The molecule has 0 bridgehead atoms. The van der Waals surface area contributed by atoms with Crippen LogP contribution in [0.3, 0.4) is 0 Å². The number of phenolic OH excluding ortho intramolecular Hbond substituents is 2. The van der Waals surface area contributed by atoms with E-state index >= 15 is 0 Å². The van der Waals surface area contributed by atoms with Crippen LogP contribution in [0.25, 0.3) is 22.3 Å². The molecule has 2 aliphatic heterocycles. The molecule has 5 rings (SSSR count). The van der Waals surface area contributed by atoms with Crippen molar-refractivity contribution in [3.63, 3.8) is 0 Å². The second kappa shape index (κ2) is 14.0. The molecule has 17 heteroatoms. The summed E-state index contributed by atoms with van der Waals surface area (Å²) in [4.78, 5) is 24.2. The summed E-state index contributed by atoms with van der Waals surface area (Å²) >= 11 is 0. The maximum absolute atomic E-state index is 13.0. The molecule has 3 aromatic rings. The summed E-state index contributed by atoms with van der Waals surface area (Å²) in [7, 11) is 1.47. The van der Waals surface area contributed by atoms with E-state index in [4.69, 9.17) is 32.8 Å². The molecule has 256 valence electrons. The van der Waals surface area contributed by atoms with Crippen LogP contribution in [0.5, 0.6) is 23.0 Å². The average molecular weight is 667 g/mol. The largest absolute Gasteiger partial charge is 0.507 e. The standard InChI is InChI=1S/C30H34O17/c1-11(32)42-10-19-22(36)24(38)26(40)29(46-19)47-28-25(39)21(35)18(9-31)45-30(28)44-17-8-15(34)20-14(33)7-16(43-27(20)23(17)37)12-3-5-13(41-2)6-4-12/h3-8,18-19,21-22,24-26,28-31,34-40H,9-10H2,1-2H3/t18-,19-,21-,22-,24-,25+,26-,28-,29-,30+/m1/s1. The maximum Gasteiger partial charge on any atom is 0.302 e. The van der Waals surface area contributed by atoms with Crippen molar-refractivity contribution in [2.75, 3.05) is 20.3 Å². The number of benzene rings is 2.